The first-order chi connectivity index (χ1) is 13.7. The Morgan fingerprint density at radius 3 is 2.89 bits per heavy atom. The van der Waals surface area contributed by atoms with Crippen molar-refractivity contribution in [2.45, 2.75) is 12.8 Å². The van der Waals surface area contributed by atoms with E-state index in [-0.39, 0.29) is 5.91 Å². The molecule has 3 aromatic rings. The Hall–Kier alpha value is -2.71. The van der Waals surface area contributed by atoms with Gasteiger partial charge in [0.25, 0.3) is 5.91 Å². The third-order valence-electron chi connectivity index (χ3n) is 4.96. The second kappa shape index (κ2) is 8.12. The zero-order valence-electron chi connectivity index (χ0n) is 15.6. The first-order valence-electron chi connectivity index (χ1n) is 9.32. The van der Waals surface area contributed by atoms with Crippen molar-refractivity contribution < 1.29 is 4.79 Å². The number of rotatable bonds is 5. The Morgan fingerprint density at radius 2 is 2.14 bits per heavy atom. The largest absolute Gasteiger partial charge is 0.367 e. The molecule has 0 saturated carbocycles. The van der Waals surface area contributed by atoms with E-state index in [1.54, 1.807) is 25.6 Å². The zero-order chi connectivity index (χ0) is 19.5. The predicted octanol–water partition coefficient (Wildman–Crippen LogP) is 2.22. The Labute approximate surface area is 167 Å². The van der Waals surface area contributed by atoms with Crippen LogP contribution in [0.4, 0.5) is 5.82 Å². The van der Waals surface area contributed by atoms with Crippen molar-refractivity contribution in [1.82, 2.24) is 30.0 Å². The molecular formula is C19H22ClN7O. The summed E-state index contributed by atoms with van der Waals surface area (Å²) in [5, 5.41) is 9.95. The van der Waals surface area contributed by atoms with Crippen molar-refractivity contribution in [3.05, 3.63) is 41.6 Å². The number of imidazole rings is 1. The number of fused-ring (bicyclic) bond motifs is 1. The van der Waals surface area contributed by atoms with E-state index in [4.69, 9.17) is 16.6 Å². The van der Waals surface area contributed by atoms with Crippen molar-refractivity contribution in [3.63, 3.8) is 0 Å². The van der Waals surface area contributed by atoms with Gasteiger partial charge >= 0.3 is 0 Å². The molecule has 0 unspecified atom stereocenters. The smallest absolute Gasteiger partial charge is 0.271 e. The van der Waals surface area contributed by atoms with Gasteiger partial charge in [0.2, 0.25) is 0 Å². The van der Waals surface area contributed by atoms with Crippen LogP contribution >= 0.6 is 11.6 Å². The molecular weight excluding hydrogens is 378 g/mol. The number of nitrogens with one attached hydrogen (secondary N) is 3. The third kappa shape index (κ3) is 3.79. The average molecular weight is 400 g/mol. The van der Waals surface area contributed by atoms with Gasteiger partial charge in [0.05, 0.1) is 10.7 Å². The molecule has 0 bridgehead atoms. The van der Waals surface area contributed by atoms with Gasteiger partial charge in [-0.1, -0.05) is 11.6 Å². The molecule has 1 saturated heterocycles. The summed E-state index contributed by atoms with van der Waals surface area (Å²) in [5.41, 5.74) is 2.42. The van der Waals surface area contributed by atoms with E-state index < -0.39 is 0 Å². The number of aromatic nitrogens is 4. The van der Waals surface area contributed by atoms with Gasteiger partial charge in [-0.3, -0.25) is 9.78 Å². The van der Waals surface area contributed by atoms with E-state index in [9.17, 15) is 4.79 Å². The highest BCUT2D eigenvalue weighted by Gasteiger charge is 2.18. The zero-order valence-corrected chi connectivity index (χ0v) is 16.3. The van der Waals surface area contributed by atoms with Crippen LogP contribution in [-0.2, 0) is 0 Å². The van der Waals surface area contributed by atoms with Crippen LogP contribution in [0.1, 0.15) is 23.3 Å². The van der Waals surface area contributed by atoms with Crippen molar-refractivity contribution in [3.8, 4) is 11.3 Å². The molecule has 0 aromatic carbocycles. The molecule has 28 heavy (non-hydrogen) atoms. The summed E-state index contributed by atoms with van der Waals surface area (Å²) in [4.78, 5) is 25.3. The minimum absolute atomic E-state index is 0.239. The van der Waals surface area contributed by atoms with E-state index in [2.05, 4.69) is 25.9 Å². The summed E-state index contributed by atoms with van der Waals surface area (Å²) in [7, 11) is 1.59. The second-order valence-corrected chi connectivity index (χ2v) is 7.25. The summed E-state index contributed by atoms with van der Waals surface area (Å²) in [6.45, 7) is 2.87. The number of hydrogen-bond donors (Lipinski definition) is 3. The van der Waals surface area contributed by atoms with E-state index >= 15 is 0 Å². The standard InChI is InChI=1S/C19H22ClN7O/c1-21-19(28)16-11-27-10-15(13-4-7-23-9-14(13)20)25-17(18(27)26-16)24-8-12-2-5-22-6-3-12/h4,7,9-12,22H,2-3,5-6,8H2,1H3,(H,21,28)(H,24,25). The molecule has 0 spiro atoms. The Balaban J connectivity index is 1.74. The fourth-order valence-electron chi connectivity index (χ4n) is 3.39. The van der Waals surface area contributed by atoms with Crippen molar-refractivity contribution >= 4 is 29.0 Å². The van der Waals surface area contributed by atoms with Gasteiger partial charge in [-0.15, -0.1) is 0 Å². The normalized spacial score (nSPS) is 14.9. The van der Waals surface area contributed by atoms with E-state index in [1.807, 2.05) is 16.7 Å². The number of pyridine rings is 1. The Morgan fingerprint density at radius 1 is 1.32 bits per heavy atom. The van der Waals surface area contributed by atoms with Crippen molar-refractivity contribution in [2.75, 3.05) is 32.0 Å². The van der Waals surface area contributed by atoms with Gasteiger partial charge in [-0.25, -0.2) is 9.97 Å². The number of amides is 1. The number of anilines is 1. The molecule has 146 valence electrons. The van der Waals surface area contributed by atoms with Crippen LogP contribution in [0.3, 0.4) is 0 Å². The van der Waals surface area contributed by atoms with Crippen LogP contribution < -0.4 is 16.0 Å². The molecule has 4 rings (SSSR count). The maximum absolute atomic E-state index is 12.0. The molecule has 1 aliphatic heterocycles. The first-order valence-corrected chi connectivity index (χ1v) is 9.70. The number of hydrogen-bond acceptors (Lipinski definition) is 6. The van der Waals surface area contributed by atoms with E-state index in [0.29, 0.717) is 33.8 Å². The van der Waals surface area contributed by atoms with Gasteiger partial charge in [0.15, 0.2) is 11.5 Å². The highest BCUT2D eigenvalue weighted by Crippen LogP contribution is 2.28. The lowest BCUT2D eigenvalue weighted by molar-refractivity contribution is 0.0959. The van der Waals surface area contributed by atoms with Gasteiger partial charge in [-0.2, -0.15) is 0 Å². The molecule has 1 amide bonds. The van der Waals surface area contributed by atoms with Crippen LogP contribution in [0.5, 0.6) is 0 Å². The van der Waals surface area contributed by atoms with Gasteiger partial charge in [0, 0.05) is 43.9 Å². The van der Waals surface area contributed by atoms with Crippen molar-refractivity contribution in [1.29, 1.82) is 0 Å². The number of nitrogens with zero attached hydrogens (tertiary/aromatic N) is 4. The Kier molecular flexibility index (Phi) is 5.40. The summed E-state index contributed by atoms with van der Waals surface area (Å²) in [6, 6.07) is 1.82. The minimum Gasteiger partial charge on any atom is -0.367 e. The molecule has 3 aromatic heterocycles. The van der Waals surface area contributed by atoms with Crippen LogP contribution in [0, 0.1) is 5.92 Å². The number of carbonyl (C=O) groups is 1. The predicted molar refractivity (Wildman–Crippen MR) is 109 cm³/mol. The third-order valence-corrected chi connectivity index (χ3v) is 5.26. The summed E-state index contributed by atoms with van der Waals surface area (Å²) in [5.74, 6) is 0.972. The summed E-state index contributed by atoms with van der Waals surface area (Å²) in [6.07, 6.45) is 9.04. The van der Waals surface area contributed by atoms with Gasteiger partial charge in [-0.05, 0) is 37.9 Å². The molecule has 4 heterocycles. The van der Waals surface area contributed by atoms with Crippen LogP contribution in [0.15, 0.2) is 30.9 Å². The summed E-state index contributed by atoms with van der Waals surface area (Å²) < 4.78 is 1.81. The topological polar surface area (TPSA) is 96.2 Å². The fraction of sp³-hybridized carbons (Fsp3) is 0.368. The monoisotopic (exact) mass is 399 g/mol. The molecule has 8 nitrogen and oxygen atoms in total. The van der Waals surface area contributed by atoms with Crippen LogP contribution in [0.2, 0.25) is 5.02 Å². The highest BCUT2D eigenvalue weighted by molar-refractivity contribution is 6.33. The summed E-state index contributed by atoms with van der Waals surface area (Å²) >= 11 is 6.32. The first kappa shape index (κ1) is 18.6. The number of carbonyl (C=O) groups excluding carboxylic acids is 1. The van der Waals surface area contributed by atoms with Crippen LogP contribution in [-0.4, -0.2) is 51.9 Å². The lowest BCUT2D eigenvalue weighted by Gasteiger charge is -2.23. The number of piperidine rings is 1. The fourth-order valence-corrected chi connectivity index (χ4v) is 3.61. The SMILES string of the molecule is CNC(=O)c1cn2cc(-c3ccncc3Cl)nc(NCC3CCNCC3)c2n1. The highest BCUT2D eigenvalue weighted by atomic mass is 35.5. The second-order valence-electron chi connectivity index (χ2n) is 6.84. The molecule has 0 atom stereocenters. The van der Waals surface area contributed by atoms with Gasteiger partial charge in [0.1, 0.15) is 5.69 Å². The molecule has 0 radical (unpaired) electrons. The minimum atomic E-state index is -0.239. The molecule has 0 aliphatic carbocycles. The molecule has 1 fully saturated rings. The number of halogens is 1. The molecule has 1 aliphatic rings. The van der Waals surface area contributed by atoms with E-state index in [0.717, 1.165) is 38.0 Å². The quantitative estimate of drug-likeness (QED) is 0.608. The average Bonchev–Trinajstić information content (AvgIpc) is 3.17. The molecule has 3 N–H and O–H groups in total. The van der Waals surface area contributed by atoms with Crippen molar-refractivity contribution in [2.24, 2.45) is 5.92 Å². The lowest BCUT2D eigenvalue weighted by atomic mass is 9.98. The maximum atomic E-state index is 12.0. The van der Waals surface area contributed by atoms with E-state index in [1.165, 1.54) is 0 Å². The van der Waals surface area contributed by atoms with Gasteiger partial charge < -0.3 is 20.4 Å². The Bertz CT molecular complexity index is 997. The lowest BCUT2D eigenvalue weighted by Crippen LogP contribution is -2.31. The maximum Gasteiger partial charge on any atom is 0.271 e. The molecule has 9 heteroatoms. The van der Waals surface area contributed by atoms with Crippen LogP contribution in [0.25, 0.3) is 16.9 Å².